The molecule has 18 heavy (non-hydrogen) atoms. The third-order valence-electron chi connectivity index (χ3n) is 3.46. The van der Waals surface area contributed by atoms with E-state index in [1.807, 2.05) is 23.9 Å². The number of hydrogen-bond acceptors (Lipinski definition) is 4. The summed E-state index contributed by atoms with van der Waals surface area (Å²) < 4.78 is 1.90. The molecule has 1 N–H and O–H groups in total. The highest BCUT2D eigenvalue weighted by Crippen LogP contribution is 2.37. The first-order chi connectivity index (χ1) is 8.83. The van der Waals surface area contributed by atoms with Crippen LogP contribution in [0.25, 0.3) is 0 Å². The van der Waals surface area contributed by atoms with E-state index < -0.39 is 0 Å². The molecule has 5 nitrogen and oxygen atoms in total. The summed E-state index contributed by atoms with van der Waals surface area (Å²) in [6, 6.07) is 3.80. The second-order valence-electron chi connectivity index (χ2n) is 4.80. The van der Waals surface area contributed by atoms with Gasteiger partial charge < -0.3 is 5.32 Å². The summed E-state index contributed by atoms with van der Waals surface area (Å²) in [5.41, 5.74) is 2.52. The lowest BCUT2D eigenvalue weighted by molar-refractivity contribution is 0.406. The number of nitrogens with zero attached hydrogens (tertiary/aromatic N) is 4. The molecule has 2 heterocycles. The van der Waals surface area contributed by atoms with E-state index >= 15 is 0 Å². The number of aromatic nitrogens is 4. The molecular formula is C13H17N5. The molecule has 1 aliphatic carbocycles. The summed E-state index contributed by atoms with van der Waals surface area (Å²) in [4.78, 5) is 0. The van der Waals surface area contributed by atoms with Crippen molar-refractivity contribution in [3.63, 3.8) is 0 Å². The van der Waals surface area contributed by atoms with Gasteiger partial charge in [-0.3, -0.25) is 4.68 Å². The van der Waals surface area contributed by atoms with Gasteiger partial charge in [0, 0.05) is 37.5 Å². The Balaban J connectivity index is 1.72. The standard InChI is InChI=1S/C13H17N5/c1-18-9-11(13(17-18)10-4-2-5-10)8-14-12-6-3-7-15-16-12/h3,6-7,9-10H,2,4-5,8H2,1H3,(H,14,16). The molecule has 0 saturated heterocycles. The van der Waals surface area contributed by atoms with E-state index in [2.05, 4.69) is 26.8 Å². The molecule has 0 aliphatic heterocycles. The highest BCUT2D eigenvalue weighted by atomic mass is 15.3. The average molecular weight is 243 g/mol. The second-order valence-corrected chi connectivity index (χ2v) is 4.80. The van der Waals surface area contributed by atoms with Crippen LogP contribution in [0, 0.1) is 0 Å². The lowest BCUT2D eigenvalue weighted by Gasteiger charge is -2.24. The highest BCUT2D eigenvalue weighted by Gasteiger charge is 2.24. The van der Waals surface area contributed by atoms with Crippen LogP contribution in [0.3, 0.4) is 0 Å². The second kappa shape index (κ2) is 4.76. The molecule has 0 aromatic carbocycles. The van der Waals surface area contributed by atoms with Crippen LogP contribution in [0.5, 0.6) is 0 Å². The molecule has 1 fully saturated rings. The molecule has 94 valence electrons. The third kappa shape index (κ3) is 2.20. The van der Waals surface area contributed by atoms with E-state index in [0.717, 1.165) is 12.4 Å². The summed E-state index contributed by atoms with van der Waals surface area (Å²) in [7, 11) is 1.98. The fraction of sp³-hybridized carbons (Fsp3) is 0.462. The molecule has 0 spiro atoms. The fourth-order valence-corrected chi connectivity index (χ4v) is 2.30. The molecule has 1 saturated carbocycles. The number of nitrogens with one attached hydrogen (secondary N) is 1. The van der Waals surface area contributed by atoms with E-state index in [4.69, 9.17) is 0 Å². The van der Waals surface area contributed by atoms with Crippen molar-refractivity contribution in [2.75, 3.05) is 5.32 Å². The third-order valence-corrected chi connectivity index (χ3v) is 3.46. The number of anilines is 1. The summed E-state index contributed by atoms with van der Waals surface area (Å²) >= 11 is 0. The molecular weight excluding hydrogens is 226 g/mol. The van der Waals surface area contributed by atoms with Crippen molar-refractivity contribution >= 4 is 5.82 Å². The quantitative estimate of drug-likeness (QED) is 0.893. The Labute approximate surface area is 106 Å². The van der Waals surface area contributed by atoms with Crippen LogP contribution < -0.4 is 5.32 Å². The van der Waals surface area contributed by atoms with Crippen LogP contribution in [0.1, 0.15) is 36.4 Å². The molecule has 1 aliphatic rings. The number of aryl methyl sites for hydroxylation is 1. The van der Waals surface area contributed by atoms with Gasteiger partial charge in [-0.2, -0.15) is 10.2 Å². The first kappa shape index (κ1) is 11.2. The molecule has 3 rings (SSSR count). The van der Waals surface area contributed by atoms with Gasteiger partial charge in [0.05, 0.1) is 5.69 Å². The molecule has 0 bridgehead atoms. The van der Waals surface area contributed by atoms with Gasteiger partial charge >= 0.3 is 0 Å². The van der Waals surface area contributed by atoms with E-state index in [1.54, 1.807) is 6.20 Å². The van der Waals surface area contributed by atoms with Gasteiger partial charge in [0.25, 0.3) is 0 Å². The van der Waals surface area contributed by atoms with E-state index in [0.29, 0.717) is 5.92 Å². The maximum Gasteiger partial charge on any atom is 0.148 e. The SMILES string of the molecule is Cn1cc(CNc2cccnn2)c(C2CCC2)n1. The van der Waals surface area contributed by atoms with Crippen LogP contribution in [0.4, 0.5) is 5.82 Å². The Morgan fingerprint density at radius 1 is 1.44 bits per heavy atom. The molecule has 0 radical (unpaired) electrons. The van der Waals surface area contributed by atoms with Crippen molar-refractivity contribution in [3.05, 3.63) is 35.8 Å². The lowest BCUT2D eigenvalue weighted by atomic mass is 9.81. The largest absolute Gasteiger partial charge is 0.364 e. The van der Waals surface area contributed by atoms with Crippen LogP contribution >= 0.6 is 0 Å². The topological polar surface area (TPSA) is 55.6 Å². The monoisotopic (exact) mass is 243 g/mol. The maximum atomic E-state index is 4.59. The zero-order valence-corrected chi connectivity index (χ0v) is 10.5. The van der Waals surface area contributed by atoms with Gasteiger partial charge in [-0.15, -0.1) is 5.10 Å². The molecule has 5 heteroatoms. The first-order valence-electron chi connectivity index (χ1n) is 6.37. The minimum atomic E-state index is 0.657. The van der Waals surface area contributed by atoms with E-state index in [-0.39, 0.29) is 0 Å². The Morgan fingerprint density at radius 2 is 2.33 bits per heavy atom. The molecule has 0 unspecified atom stereocenters. The van der Waals surface area contributed by atoms with Gasteiger partial charge in [-0.25, -0.2) is 0 Å². The number of hydrogen-bond donors (Lipinski definition) is 1. The van der Waals surface area contributed by atoms with Gasteiger partial charge in [0.1, 0.15) is 5.82 Å². The Morgan fingerprint density at radius 3 is 3.00 bits per heavy atom. The van der Waals surface area contributed by atoms with Crippen LogP contribution in [0.15, 0.2) is 24.5 Å². The minimum Gasteiger partial charge on any atom is -0.364 e. The van der Waals surface area contributed by atoms with Crippen LogP contribution in [0.2, 0.25) is 0 Å². The zero-order valence-electron chi connectivity index (χ0n) is 10.5. The van der Waals surface area contributed by atoms with Gasteiger partial charge in [-0.1, -0.05) is 6.42 Å². The lowest BCUT2D eigenvalue weighted by Crippen LogP contribution is -2.13. The Hall–Kier alpha value is -1.91. The predicted octanol–water partition coefficient (Wildman–Crippen LogP) is 2.09. The summed E-state index contributed by atoms with van der Waals surface area (Å²) in [5, 5.41) is 15.8. The van der Waals surface area contributed by atoms with E-state index in [1.165, 1.54) is 30.5 Å². The van der Waals surface area contributed by atoms with Crippen molar-refractivity contribution in [2.45, 2.75) is 31.7 Å². The summed E-state index contributed by atoms with van der Waals surface area (Å²) in [6.07, 6.45) is 7.65. The molecule has 2 aromatic rings. The molecule has 2 aromatic heterocycles. The smallest absolute Gasteiger partial charge is 0.148 e. The first-order valence-corrected chi connectivity index (χ1v) is 6.37. The van der Waals surface area contributed by atoms with Crippen molar-refractivity contribution < 1.29 is 0 Å². The van der Waals surface area contributed by atoms with Gasteiger partial charge in [-0.05, 0) is 25.0 Å². The molecule has 0 amide bonds. The zero-order chi connectivity index (χ0) is 12.4. The van der Waals surface area contributed by atoms with Crippen molar-refractivity contribution in [1.82, 2.24) is 20.0 Å². The minimum absolute atomic E-state index is 0.657. The summed E-state index contributed by atoms with van der Waals surface area (Å²) in [6.45, 7) is 0.762. The van der Waals surface area contributed by atoms with Gasteiger partial charge in [0.2, 0.25) is 0 Å². The van der Waals surface area contributed by atoms with E-state index in [9.17, 15) is 0 Å². The average Bonchev–Trinajstić information content (AvgIpc) is 2.67. The Kier molecular flexibility index (Phi) is 2.96. The van der Waals surface area contributed by atoms with Gasteiger partial charge in [0.15, 0.2) is 0 Å². The predicted molar refractivity (Wildman–Crippen MR) is 69.2 cm³/mol. The van der Waals surface area contributed by atoms with Crippen LogP contribution in [-0.2, 0) is 13.6 Å². The summed E-state index contributed by atoms with van der Waals surface area (Å²) in [5.74, 6) is 1.46. The fourth-order valence-electron chi connectivity index (χ4n) is 2.30. The van der Waals surface area contributed by atoms with Crippen molar-refractivity contribution in [1.29, 1.82) is 0 Å². The number of rotatable bonds is 4. The molecule has 0 atom stereocenters. The Bertz CT molecular complexity index is 515. The normalized spacial score (nSPS) is 15.4. The van der Waals surface area contributed by atoms with Crippen molar-refractivity contribution in [3.8, 4) is 0 Å². The van der Waals surface area contributed by atoms with Crippen molar-refractivity contribution in [2.24, 2.45) is 7.05 Å². The van der Waals surface area contributed by atoms with Crippen LogP contribution in [-0.4, -0.2) is 20.0 Å². The maximum absolute atomic E-state index is 4.59. The highest BCUT2D eigenvalue weighted by molar-refractivity contribution is 5.34.